The van der Waals surface area contributed by atoms with Crippen molar-refractivity contribution in [1.82, 2.24) is 14.3 Å². The molecule has 0 amide bonds. The first-order chi connectivity index (χ1) is 11.8. The van der Waals surface area contributed by atoms with Gasteiger partial charge >= 0.3 is 0 Å². The Morgan fingerprint density at radius 2 is 1.88 bits per heavy atom. The van der Waals surface area contributed by atoms with E-state index in [0.29, 0.717) is 24.4 Å². The Balaban J connectivity index is 1.81. The number of ether oxygens (including phenoxy) is 1. The normalized spacial score (nSPS) is 15.3. The molecule has 0 atom stereocenters. The van der Waals surface area contributed by atoms with Crippen molar-refractivity contribution in [3.8, 4) is 17.0 Å². The molecule has 0 radical (unpaired) electrons. The van der Waals surface area contributed by atoms with Crippen LogP contribution in [0.4, 0.5) is 10.2 Å². The number of halogens is 1. The quantitative estimate of drug-likeness (QED) is 0.796. The number of benzene rings is 1. The van der Waals surface area contributed by atoms with E-state index in [0.717, 1.165) is 6.26 Å². The van der Waals surface area contributed by atoms with E-state index in [1.54, 1.807) is 36.3 Å². The van der Waals surface area contributed by atoms with Crippen molar-refractivity contribution in [3.63, 3.8) is 0 Å². The lowest BCUT2D eigenvalue weighted by Gasteiger charge is -2.43. The molecule has 25 heavy (non-hydrogen) atoms. The van der Waals surface area contributed by atoms with Crippen molar-refractivity contribution in [2.24, 2.45) is 0 Å². The first kappa shape index (κ1) is 17.6. The zero-order chi connectivity index (χ0) is 18.2. The second-order valence-corrected chi connectivity index (χ2v) is 7.97. The first-order valence-electron chi connectivity index (χ1n) is 7.64. The molecule has 0 bridgehead atoms. The van der Waals surface area contributed by atoms with Gasteiger partial charge in [-0.05, 0) is 24.3 Å². The molecule has 1 aliphatic rings. The van der Waals surface area contributed by atoms with Gasteiger partial charge in [0, 0.05) is 25.7 Å². The van der Waals surface area contributed by atoms with Crippen molar-refractivity contribution in [2.75, 3.05) is 38.4 Å². The number of nitrogens with zero attached hydrogens (tertiary/aromatic N) is 4. The Bertz CT molecular complexity index is 867. The molecular weight excluding hydrogens is 347 g/mol. The number of sulfonamides is 1. The van der Waals surface area contributed by atoms with Crippen LogP contribution < -0.4 is 9.64 Å². The smallest absolute Gasteiger partial charge is 0.211 e. The van der Waals surface area contributed by atoms with E-state index in [1.165, 1.54) is 17.7 Å². The highest BCUT2D eigenvalue weighted by atomic mass is 32.2. The van der Waals surface area contributed by atoms with E-state index in [9.17, 15) is 12.8 Å². The molecule has 7 nitrogen and oxygen atoms in total. The number of aromatic nitrogens is 2. The molecule has 0 spiro atoms. The Hall–Kier alpha value is -2.26. The summed E-state index contributed by atoms with van der Waals surface area (Å²) in [4.78, 5) is 9.77. The molecule has 3 rings (SSSR count). The van der Waals surface area contributed by atoms with Gasteiger partial charge < -0.3 is 9.64 Å². The summed E-state index contributed by atoms with van der Waals surface area (Å²) in [5.74, 6) is 0.333. The van der Waals surface area contributed by atoms with E-state index < -0.39 is 15.8 Å². The van der Waals surface area contributed by atoms with Gasteiger partial charge in [-0.1, -0.05) is 0 Å². The van der Waals surface area contributed by atoms with Gasteiger partial charge in [-0.2, -0.15) is 4.31 Å². The van der Waals surface area contributed by atoms with Gasteiger partial charge in [0.25, 0.3) is 0 Å². The number of anilines is 1. The third kappa shape index (κ3) is 3.42. The van der Waals surface area contributed by atoms with Crippen LogP contribution in [0.3, 0.4) is 0 Å². The summed E-state index contributed by atoms with van der Waals surface area (Å²) in [7, 11) is -0.182. The Kier molecular flexibility index (Phi) is 4.61. The molecule has 0 aliphatic carbocycles. The SMILES string of the molecule is COc1ccc(-c2ncnc(N3CC(N(C)S(C)(=O)=O)C3)c2F)cc1. The highest BCUT2D eigenvalue weighted by Gasteiger charge is 2.36. The summed E-state index contributed by atoms with van der Waals surface area (Å²) < 4.78 is 44.4. The maximum absolute atomic E-state index is 14.8. The molecule has 0 saturated carbocycles. The number of hydrogen-bond acceptors (Lipinski definition) is 6. The van der Waals surface area contributed by atoms with Crippen LogP contribution in [0.15, 0.2) is 30.6 Å². The Morgan fingerprint density at radius 1 is 1.24 bits per heavy atom. The Labute approximate surface area is 146 Å². The van der Waals surface area contributed by atoms with Crippen molar-refractivity contribution < 1.29 is 17.5 Å². The van der Waals surface area contributed by atoms with E-state index in [-0.39, 0.29) is 17.6 Å². The van der Waals surface area contributed by atoms with E-state index in [2.05, 4.69) is 9.97 Å². The highest BCUT2D eigenvalue weighted by Crippen LogP contribution is 2.30. The van der Waals surface area contributed by atoms with Crippen molar-refractivity contribution in [2.45, 2.75) is 6.04 Å². The van der Waals surface area contributed by atoms with Crippen LogP contribution in [0.2, 0.25) is 0 Å². The maximum atomic E-state index is 14.8. The summed E-state index contributed by atoms with van der Waals surface area (Å²) in [5, 5.41) is 0. The van der Waals surface area contributed by atoms with Gasteiger partial charge in [-0.25, -0.2) is 22.8 Å². The van der Waals surface area contributed by atoms with Crippen molar-refractivity contribution in [1.29, 1.82) is 0 Å². The lowest BCUT2D eigenvalue weighted by Crippen LogP contribution is -2.60. The van der Waals surface area contributed by atoms with Gasteiger partial charge in [0.2, 0.25) is 10.0 Å². The predicted octanol–water partition coefficient (Wildman–Crippen LogP) is 1.37. The van der Waals surface area contributed by atoms with Crippen LogP contribution in [-0.2, 0) is 10.0 Å². The summed E-state index contributed by atoms with van der Waals surface area (Å²) >= 11 is 0. The lowest BCUT2D eigenvalue weighted by atomic mass is 10.1. The largest absolute Gasteiger partial charge is 0.497 e. The maximum Gasteiger partial charge on any atom is 0.211 e. The van der Waals surface area contributed by atoms with E-state index in [4.69, 9.17) is 4.74 Å². The monoisotopic (exact) mass is 366 g/mol. The van der Waals surface area contributed by atoms with Gasteiger partial charge in [0.15, 0.2) is 11.6 Å². The fraction of sp³-hybridized carbons (Fsp3) is 0.375. The molecule has 134 valence electrons. The minimum atomic E-state index is -3.27. The minimum absolute atomic E-state index is 0.180. The number of rotatable bonds is 5. The zero-order valence-electron chi connectivity index (χ0n) is 14.2. The minimum Gasteiger partial charge on any atom is -0.497 e. The van der Waals surface area contributed by atoms with Crippen molar-refractivity contribution in [3.05, 3.63) is 36.4 Å². The molecule has 9 heteroatoms. The van der Waals surface area contributed by atoms with Gasteiger partial charge in [0.1, 0.15) is 17.8 Å². The molecule has 1 aromatic heterocycles. The second-order valence-electron chi connectivity index (χ2n) is 5.93. The molecule has 0 unspecified atom stereocenters. The van der Waals surface area contributed by atoms with Crippen LogP contribution in [0.25, 0.3) is 11.3 Å². The third-order valence-corrected chi connectivity index (χ3v) is 5.68. The number of likely N-dealkylation sites (N-methyl/N-ethyl adjacent to an activating group) is 1. The van der Waals surface area contributed by atoms with Gasteiger partial charge in [-0.3, -0.25) is 0 Å². The van der Waals surface area contributed by atoms with E-state index in [1.807, 2.05) is 0 Å². The summed E-state index contributed by atoms with van der Waals surface area (Å²) in [6.45, 7) is 0.777. The summed E-state index contributed by atoms with van der Waals surface area (Å²) in [6.07, 6.45) is 2.47. The number of hydrogen-bond donors (Lipinski definition) is 0. The predicted molar refractivity (Wildman–Crippen MR) is 92.6 cm³/mol. The molecular formula is C16H19FN4O3S. The average molecular weight is 366 g/mol. The molecule has 2 aromatic rings. The molecule has 0 N–H and O–H groups in total. The third-order valence-electron chi connectivity index (χ3n) is 4.33. The van der Waals surface area contributed by atoms with Gasteiger partial charge in [0.05, 0.1) is 19.4 Å². The van der Waals surface area contributed by atoms with Gasteiger partial charge in [-0.15, -0.1) is 0 Å². The van der Waals surface area contributed by atoms with Crippen molar-refractivity contribution >= 4 is 15.8 Å². The first-order valence-corrected chi connectivity index (χ1v) is 9.49. The standard InChI is InChI=1S/C16H19FN4O3S/c1-20(25(3,22)23)12-8-21(9-12)16-14(17)15(18-10-19-16)11-4-6-13(24-2)7-5-11/h4-7,10,12H,8-9H2,1-3H3. The lowest BCUT2D eigenvalue weighted by molar-refractivity contribution is 0.309. The average Bonchev–Trinajstić information content (AvgIpc) is 2.54. The number of methoxy groups -OCH3 is 1. The summed E-state index contributed by atoms with van der Waals surface area (Å²) in [5.41, 5.74) is 0.819. The van der Waals surface area contributed by atoms with Crippen LogP contribution in [0, 0.1) is 5.82 Å². The van der Waals surface area contributed by atoms with E-state index >= 15 is 0 Å². The fourth-order valence-corrected chi connectivity index (χ4v) is 3.34. The highest BCUT2D eigenvalue weighted by molar-refractivity contribution is 7.88. The van der Waals surface area contributed by atoms with Crippen LogP contribution in [0.5, 0.6) is 5.75 Å². The second kappa shape index (κ2) is 6.57. The zero-order valence-corrected chi connectivity index (χ0v) is 15.0. The molecule has 2 heterocycles. The molecule has 1 fully saturated rings. The fourth-order valence-electron chi connectivity index (χ4n) is 2.66. The topological polar surface area (TPSA) is 75.6 Å². The molecule has 1 aromatic carbocycles. The molecule has 1 aliphatic heterocycles. The van der Waals surface area contributed by atoms with Crippen LogP contribution in [-0.4, -0.2) is 62.2 Å². The Morgan fingerprint density at radius 3 is 2.44 bits per heavy atom. The van der Waals surface area contributed by atoms with Crippen LogP contribution in [0.1, 0.15) is 0 Å². The molecule has 1 saturated heterocycles. The summed E-state index contributed by atoms with van der Waals surface area (Å²) in [6, 6.07) is 6.73. The van der Waals surface area contributed by atoms with Crippen LogP contribution >= 0.6 is 0 Å².